The van der Waals surface area contributed by atoms with Crippen molar-refractivity contribution in [1.29, 1.82) is 0 Å². The highest BCUT2D eigenvalue weighted by Crippen LogP contribution is 2.31. The molecule has 0 aliphatic carbocycles. The van der Waals surface area contributed by atoms with E-state index in [0.717, 1.165) is 37.6 Å². The van der Waals surface area contributed by atoms with Crippen LogP contribution in [0.3, 0.4) is 0 Å². The minimum atomic E-state index is -0.470. The molecule has 0 radical (unpaired) electrons. The van der Waals surface area contributed by atoms with Crippen LogP contribution in [-0.2, 0) is 4.79 Å². The lowest BCUT2D eigenvalue weighted by Gasteiger charge is -2.29. The molecule has 4 aromatic rings. The lowest BCUT2D eigenvalue weighted by molar-refractivity contribution is -0.111. The average Bonchev–Trinajstić information content (AvgIpc) is 2.89. The molecule has 9 heteroatoms. The molecule has 8 nitrogen and oxygen atoms in total. The van der Waals surface area contributed by atoms with Crippen LogP contribution in [0.4, 0.5) is 27.4 Å². The van der Waals surface area contributed by atoms with Crippen LogP contribution in [0, 0.1) is 5.82 Å². The number of anilines is 4. The number of amides is 1. The number of pyridine rings is 1. The minimum absolute atomic E-state index is 0.233. The number of fused-ring (bicyclic) bond motifs is 1. The van der Waals surface area contributed by atoms with Crippen LogP contribution in [0.1, 0.15) is 0 Å². The summed E-state index contributed by atoms with van der Waals surface area (Å²) in [5, 5.41) is 9.90. The van der Waals surface area contributed by atoms with E-state index >= 15 is 4.39 Å². The van der Waals surface area contributed by atoms with Crippen molar-refractivity contribution >= 4 is 39.8 Å². The molecule has 3 N–H and O–H groups in total. The molecule has 0 saturated carbocycles. The summed E-state index contributed by atoms with van der Waals surface area (Å²) in [6.45, 7) is 7.34. The Kier molecular flexibility index (Phi) is 6.32. The van der Waals surface area contributed by atoms with E-state index in [1.807, 2.05) is 12.1 Å². The summed E-state index contributed by atoms with van der Waals surface area (Å²) < 4.78 is 15.0. The van der Waals surface area contributed by atoms with Crippen LogP contribution < -0.4 is 20.9 Å². The van der Waals surface area contributed by atoms with Gasteiger partial charge in [-0.3, -0.25) is 9.78 Å². The van der Waals surface area contributed by atoms with Gasteiger partial charge in [0.25, 0.3) is 0 Å². The van der Waals surface area contributed by atoms with Crippen LogP contribution in [0.2, 0.25) is 0 Å². The molecule has 2 aromatic heterocycles. The van der Waals surface area contributed by atoms with Crippen LogP contribution in [0.25, 0.3) is 22.2 Å². The van der Waals surface area contributed by atoms with E-state index < -0.39 is 5.82 Å². The number of nitrogens with zero attached hydrogens (tertiary/aromatic N) is 4. The van der Waals surface area contributed by atoms with Crippen LogP contribution in [0.5, 0.6) is 0 Å². The van der Waals surface area contributed by atoms with E-state index in [1.165, 1.54) is 18.3 Å². The number of aromatic nitrogens is 3. The Labute approximate surface area is 201 Å². The lowest BCUT2D eigenvalue weighted by Crippen LogP contribution is -2.43. The molecule has 1 fully saturated rings. The van der Waals surface area contributed by atoms with Gasteiger partial charge in [-0.25, -0.2) is 14.4 Å². The van der Waals surface area contributed by atoms with E-state index in [9.17, 15) is 4.79 Å². The van der Waals surface area contributed by atoms with Crippen molar-refractivity contribution in [2.45, 2.75) is 0 Å². The number of nitrogens with one attached hydrogen (secondary N) is 3. The van der Waals surface area contributed by atoms with Crippen molar-refractivity contribution in [3.63, 3.8) is 0 Å². The molecule has 0 bridgehead atoms. The predicted octanol–water partition coefficient (Wildman–Crippen LogP) is 4.11. The Hall–Kier alpha value is -4.37. The molecule has 176 valence electrons. The van der Waals surface area contributed by atoms with Gasteiger partial charge >= 0.3 is 0 Å². The summed E-state index contributed by atoms with van der Waals surface area (Å²) in [6.07, 6.45) is 4.32. The topological polar surface area (TPSA) is 95.1 Å². The fourth-order valence-corrected chi connectivity index (χ4v) is 4.02. The quantitative estimate of drug-likeness (QED) is 0.366. The number of halogens is 1. The lowest BCUT2D eigenvalue weighted by atomic mass is 10.1. The Morgan fingerprint density at radius 1 is 1.06 bits per heavy atom. The molecule has 1 aliphatic rings. The van der Waals surface area contributed by atoms with Gasteiger partial charge in [-0.05, 0) is 54.6 Å². The van der Waals surface area contributed by atoms with Gasteiger partial charge in [-0.15, -0.1) is 0 Å². The number of hydrogen-bond donors (Lipinski definition) is 3. The summed E-state index contributed by atoms with van der Waals surface area (Å²) >= 11 is 0. The first kappa shape index (κ1) is 22.4. The van der Waals surface area contributed by atoms with Gasteiger partial charge in [-0.1, -0.05) is 6.58 Å². The zero-order valence-corrected chi connectivity index (χ0v) is 19.0. The molecular formula is C26H24FN7O. The van der Waals surface area contributed by atoms with Gasteiger partial charge in [0.1, 0.15) is 5.82 Å². The molecular weight excluding hydrogens is 445 g/mol. The van der Waals surface area contributed by atoms with Crippen molar-refractivity contribution in [2.75, 3.05) is 41.7 Å². The maximum Gasteiger partial charge on any atom is 0.247 e. The molecule has 1 amide bonds. The van der Waals surface area contributed by atoms with Crippen LogP contribution >= 0.6 is 0 Å². The van der Waals surface area contributed by atoms with Crippen molar-refractivity contribution in [1.82, 2.24) is 20.3 Å². The summed E-state index contributed by atoms with van der Waals surface area (Å²) in [5.41, 5.74) is 3.47. The monoisotopic (exact) mass is 469 g/mol. The Balaban J connectivity index is 1.45. The fourth-order valence-electron chi connectivity index (χ4n) is 4.02. The zero-order chi connectivity index (χ0) is 24.2. The first-order valence-electron chi connectivity index (χ1n) is 11.3. The van der Waals surface area contributed by atoms with E-state index in [0.29, 0.717) is 28.2 Å². The Morgan fingerprint density at radius 2 is 1.86 bits per heavy atom. The molecule has 0 spiro atoms. The van der Waals surface area contributed by atoms with E-state index in [4.69, 9.17) is 0 Å². The molecule has 35 heavy (non-hydrogen) atoms. The van der Waals surface area contributed by atoms with Crippen LogP contribution in [0.15, 0.2) is 73.6 Å². The minimum Gasteiger partial charge on any atom is -0.369 e. The highest BCUT2D eigenvalue weighted by Gasteiger charge is 2.15. The molecule has 5 rings (SSSR count). The van der Waals surface area contributed by atoms with Crippen molar-refractivity contribution in [2.24, 2.45) is 0 Å². The Bertz CT molecular complexity index is 1380. The second-order valence-corrected chi connectivity index (χ2v) is 8.09. The van der Waals surface area contributed by atoms with E-state index in [2.05, 4.69) is 54.5 Å². The van der Waals surface area contributed by atoms with Gasteiger partial charge < -0.3 is 20.9 Å². The van der Waals surface area contributed by atoms with Gasteiger partial charge in [0.2, 0.25) is 11.9 Å². The maximum absolute atomic E-state index is 15.0. The predicted molar refractivity (Wildman–Crippen MR) is 136 cm³/mol. The number of carbonyl (C=O) groups excluding carboxylic acids is 1. The standard InChI is InChI=1S/C26H24FN7O/c1-2-23(35)31-19-9-10-29-22(15-19)24-21(27)8-3-17-16-30-26(33-25(17)24)32-18-4-6-20(7-5-18)34-13-11-28-12-14-34/h2-10,15-16,28H,1,11-14H2,(H,29,31,35)(H,30,32,33). The number of carbonyl (C=O) groups is 1. The third kappa shape index (κ3) is 4.95. The summed E-state index contributed by atoms with van der Waals surface area (Å²) in [7, 11) is 0. The van der Waals surface area contributed by atoms with Gasteiger partial charge in [0.15, 0.2) is 0 Å². The fraction of sp³-hybridized carbons (Fsp3) is 0.154. The van der Waals surface area contributed by atoms with Crippen LogP contribution in [-0.4, -0.2) is 47.0 Å². The maximum atomic E-state index is 15.0. The molecule has 2 aromatic carbocycles. The second kappa shape index (κ2) is 9.86. The number of hydrogen-bond acceptors (Lipinski definition) is 7. The molecule has 0 atom stereocenters. The normalized spacial score (nSPS) is 13.5. The average molecular weight is 470 g/mol. The molecule has 3 heterocycles. The summed E-state index contributed by atoms with van der Waals surface area (Å²) in [4.78, 5) is 27.3. The van der Waals surface area contributed by atoms with Gasteiger partial charge in [-0.2, -0.15) is 0 Å². The van der Waals surface area contributed by atoms with E-state index in [-0.39, 0.29) is 11.5 Å². The van der Waals surface area contributed by atoms with Gasteiger partial charge in [0, 0.05) is 61.0 Å². The zero-order valence-electron chi connectivity index (χ0n) is 19.0. The van der Waals surface area contributed by atoms with Gasteiger partial charge in [0.05, 0.1) is 16.8 Å². The van der Waals surface area contributed by atoms with E-state index in [1.54, 1.807) is 24.4 Å². The largest absolute Gasteiger partial charge is 0.369 e. The number of rotatable bonds is 6. The molecule has 0 unspecified atom stereocenters. The van der Waals surface area contributed by atoms with Crippen molar-refractivity contribution in [3.05, 3.63) is 79.4 Å². The highest BCUT2D eigenvalue weighted by atomic mass is 19.1. The Morgan fingerprint density at radius 3 is 2.63 bits per heavy atom. The number of benzene rings is 2. The third-order valence-corrected chi connectivity index (χ3v) is 5.78. The summed E-state index contributed by atoms with van der Waals surface area (Å²) in [6, 6.07) is 14.3. The van der Waals surface area contributed by atoms with Crippen molar-refractivity contribution in [3.8, 4) is 11.3 Å². The first-order valence-corrected chi connectivity index (χ1v) is 11.3. The van der Waals surface area contributed by atoms with Crippen molar-refractivity contribution < 1.29 is 9.18 Å². The molecule has 1 saturated heterocycles. The smallest absolute Gasteiger partial charge is 0.247 e. The first-order chi connectivity index (χ1) is 17.1. The SMILES string of the molecule is C=CC(=O)Nc1ccnc(-c2c(F)ccc3cnc(Nc4ccc(N5CCNCC5)cc4)nc23)c1. The highest BCUT2D eigenvalue weighted by molar-refractivity contribution is 6.00. The summed E-state index contributed by atoms with van der Waals surface area (Å²) in [5.74, 6) is -0.491. The second-order valence-electron chi connectivity index (χ2n) is 8.09. The number of piperazine rings is 1. The third-order valence-electron chi connectivity index (χ3n) is 5.78. The molecule has 1 aliphatic heterocycles.